The predicted octanol–water partition coefficient (Wildman–Crippen LogP) is 7.80. The van der Waals surface area contributed by atoms with E-state index >= 15 is 0 Å². The number of thiophene rings is 1. The molecule has 3 N–H and O–H groups in total. The average Bonchev–Trinajstić information content (AvgIpc) is 3.73. The van der Waals surface area contributed by atoms with Crippen LogP contribution in [0.4, 0.5) is 5.69 Å². The standard InChI is InChI=1S/C30H27N7S/c1-18(19-5-3-2-4-6-19)33-22-13-21(15-31-16-22)25-7-8-26-28(34-25)29(37-36-26)27-14-24-23(20-10-12-38-17-20)9-11-32-30(24)35-27/h7-17,19,33H,1-6H2,(H,32,35)(H,36,37). The van der Waals surface area contributed by atoms with E-state index in [0.717, 1.165) is 61.7 Å². The topological polar surface area (TPSA) is 95.2 Å². The summed E-state index contributed by atoms with van der Waals surface area (Å²) in [6.45, 7) is 4.32. The molecule has 6 heterocycles. The maximum atomic E-state index is 5.01. The molecule has 38 heavy (non-hydrogen) atoms. The molecule has 0 aromatic carbocycles. The zero-order valence-electron chi connectivity index (χ0n) is 20.9. The number of H-pyrrole nitrogens is 2. The molecule has 1 fully saturated rings. The van der Waals surface area contributed by atoms with E-state index in [4.69, 9.17) is 4.98 Å². The predicted molar refractivity (Wildman–Crippen MR) is 155 cm³/mol. The zero-order valence-corrected chi connectivity index (χ0v) is 21.7. The summed E-state index contributed by atoms with van der Waals surface area (Å²) in [5, 5.41) is 16.6. The number of hydrogen-bond donors (Lipinski definition) is 3. The van der Waals surface area contributed by atoms with Gasteiger partial charge in [0.05, 0.1) is 28.8 Å². The molecule has 0 saturated heterocycles. The molecule has 1 aliphatic rings. The monoisotopic (exact) mass is 517 g/mol. The maximum absolute atomic E-state index is 5.01. The van der Waals surface area contributed by atoms with E-state index in [-0.39, 0.29) is 0 Å². The van der Waals surface area contributed by atoms with Crippen molar-refractivity contribution in [1.82, 2.24) is 30.1 Å². The van der Waals surface area contributed by atoms with Crippen LogP contribution in [0.2, 0.25) is 0 Å². The molecule has 0 unspecified atom stereocenters. The molecule has 0 atom stereocenters. The van der Waals surface area contributed by atoms with E-state index in [0.29, 0.717) is 5.92 Å². The molecule has 6 aromatic heterocycles. The van der Waals surface area contributed by atoms with Gasteiger partial charge in [0.2, 0.25) is 0 Å². The zero-order chi connectivity index (χ0) is 25.5. The minimum absolute atomic E-state index is 0.529. The Morgan fingerprint density at radius 1 is 1.03 bits per heavy atom. The lowest BCUT2D eigenvalue weighted by Crippen LogP contribution is -2.14. The molecule has 0 amide bonds. The summed E-state index contributed by atoms with van der Waals surface area (Å²) in [4.78, 5) is 17.5. The van der Waals surface area contributed by atoms with Gasteiger partial charge in [-0.1, -0.05) is 25.8 Å². The third kappa shape index (κ3) is 4.16. The van der Waals surface area contributed by atoms with Crippen LogP contribution in [0.25, 0.3) is 55.8 Å². The molecular weight excluding hydrogens is 490 g/mol. The van der Waals surface area contributed by atoms with Crippen molar-refractivity contribution < 1.29 is 0 Å². The Balaban J connectivity index is 1.23. The van der Waals surface area contributed by atoms with E-state index in [2.05, 4.69) is 72.1 Å². The fraction of sp³-hybridized carbons (Fsp3) is 0.200. The fourth-order valence-electron chi connectivity index (χ4n) is 5.46. The first-order chi connectivity index (χ1) is 18.7. The summed E-state index contributed by atoms with van der Waals surface area (Å²) in [6.07, 6.45) is 11.8. The lowest BCUT2D eigenvalue weighted by atomic mass is 9.87. The summed E-state index contributed by atoms with van der Waals surface area (Å²) in [7, 11) is 0. The smallest absolute Gasteiger partial charge is 0.138 e. The second-order valence-corrected chi connectivity index (χ2v) is 10.7. The number of rotatable bonds is 6. The highest BCUT2D eigenvalue weighted by Gasteiger charge is 2.18. The summed E-state index contributed by atoms with van der Waals surface area (Å²) in [5.74, 6) is 0.529. The van der Waals surface area contributed by atoms with Crippen LogP contribution in [-0.4, -0.2) is 30.1 Å². The number of anilines is 1. The van der Waals surface area contributed by atoms with Gasteiger partial charge in [0, 0.05) is 29.0 Å². The van der Waals surface area contributed by atoms with Crippen molar-refractivity contribution in [1.29, 1.82) is 0 Å². The molecule has 0 spiro atoms. The fourth-order valence-corrected chi connectivity index (χ4v) is 6.11. The van der Waals surface area contributed by atoms with Gasteiger partial charge < -0.3 is 10.3 Å². The molecule has 7 rings (SSSR count). The van der Waals surface area contributed by atoms with Crippen molar-refractivity contribution in [2.45, 2.75) is 32.1 Å². The lowest BCUT2D eigenvalue weighted by molar-refractivity contribution is 0.405. The highest BCUT2D eigenvalue weighted by atomic mass is 32.1. The highest BCUT2D eigenvalue weighted by molar-refractivity contribution is 7.08. The van der Waals surface area contributed by atoms with Gasteiger partial charge in [-0.25, -0.2) is 9.97 Å². The minimum Gasteiger partial charge on any atom is -0.358 e. The lowest BCUT2D eigenvalue weighted by Gasteiger charge is -2.24. The quantitative estimate of drug-likeness (QED) is 0.209. The number of pyridine rings is 3. The molecule has 6 aromatic rings. The molecule has 7 nitrogen and oxygen atoms in total. The van der Waals surface area contributed by atoms with Gasteiger partial charge >= 0.3 is 0 Å². The molecule has 188 valence electrons. The first kappa shape index (κ1) is 22.9. The van der Waals surface area contributed by atoms with Crippen molar-refractivity contribution in [3.05, 3.63) is 78.0 Å². The summed E-state index contributed by atoms with van der Waals surface area (Å²) in [5.41, 5.74) is 10.3. The Bertz CT molecular complexity index is 1760. The molecule has 0 radical (unpaired) electrons. The van der Waals surface area contributed by atoms with Gasteiger partial charge in [-0.15, -0.1) is 0 Å². The van der Waals surface area contributed by atoms with E-state index in [1.54, 1.807) is 11.3 Å². The van der Waals surface area contributed by atoms with Gasteiger partial charge in [0.15, 0.2) is 0 Å². The van der Waals surface area contributed by atoms with Crippen LogP contribution in [0.15, 0.2) is 78.0 Å². The molecule has 1 saturated carbocycles. The van der Waals surface area contributed by atoms with E-state index in [1.165, 1.54) is 37.7 Å². The Kier molecular flexibility index (Phi) is 5.74. The number of aromatic amines is 2. The minimum atomic E-state index is 0.529. The Morgan fingerprint density at radius 2 is 1.95 bits per heavy atom. The molecule has 1 aliphatic carbocycles. The third-order valence-corrected chi connectivity index (χ3v) is 8.15. The number of aromatic nitrogens is 6. The SMILES string of the molecule is C=C(Nc1cncc(-c2ccc3[nH]nc(-c4cc5c(-c6ccsc6)ccnc5[nH]4)c3n2)c1)C1CCCCC1. The van der Waals surface area contributed by atoms with Crippen LogP contribution in [0.3, 0.4) is 0 Å². The first-order valence-electron chi connectivity index (χ1n) is 13.0. The molecule has 0 aliphatic heterocycles. The molecular formula is C30H27N7S. The van der Waals surface area contributed by atoms with Crippen molar-refractivity contribution in [3.8, 4) is 33.8 Å². The highest BCUT2D eigenvalue weighted by Crippen LogP contribution is 2.34. The number of nitrogens with zero attached hydrogens (tertiary/aromatic N) is 4. The number of allylic oxidation sites excluding steroid dienone is 1. The second-order valence-electron chi connectivity index (χ2n) is 9.93. The van der Waals surface area contributed by atoms with Gasteiger partial charge in [-0.3, -0.25) is 10.1 Å². The van der Waals surface area contributed by atoms with Crippen LogP contribution >= 0.6 is 11.3 Å². The Labute approximate surface area is 224 Å². The average molecular weight is 518 g/mol. The van der Waals surface area contributed by atoms with Gasteiger partial charge in [0.25, 0.3) is 0 Å². The molecule has 8 heteroatoms. The van der Waals surface area contributed by atoms with Gasteiger partial charge in [0.1, 0.15) is 16.9 Å². The first-order valence-corrected chi connectivity index (χ1v) is 13.9. The summed E-state index contributed by atoms with van der Waals surface area (Å²) in [6, 6.07) is 12.4. The Morgan fingerprint density at radius 3 is 2.82 bits per heavy atom. The van der Waals surface area contributed by atoms with E-state index < -0.39 is 0 Å². The van der Waals surface area contributed by atoms with Crippen LogP contribution in [-0.2, 0) is 0 Å². The second kappa shape index (κ2) is 9.54. The van der Waals surface area contributed by atoms with Crippen LogP contribution in [0.5, 0.6) is 0 Å². The van der Waals surface area contributed by atoms with Crippen LogP contribution in [0, 0.1) is 5.92 Å². The number of hydrogen-bond acceptors (Lipinski definition) is 6. The van der Waals surface area contributed by atoms with E-state index in [9.17, 15) is 0 Å². The number of nitrogens with one attached hydrogen (secondary N) is 3. The van der Waals surface area contributed by atoms with Crippen molar-refractivity contribution >= 4 is 39.1 Å². The maximum Gasteiger partial charge on any atom is 0.138 e. The van der Waals surface area contributed by atoms with Crippen molar-refractivity contribution in [2.24, 2.45) is 5.92 Å². The number of fused-ring (bicyclic) bond motifs is 2. The summed E-state index contributed by atoms with van der Waals surface area (Å²) >= 11 is 1.69. The van der Waals surface area contributed by atoms with Crippen LogP contribution < -0.4 is 5.32 Å². The molecule has 0 bridgehead atoms. The van der Waals surface area contributed by atoms with E-state index in [1.807, 2.05) is 30.7 Å². The van der Waals surface area contributed by atoms with Gasteiger partial charge in [-0.05, 0) is 77.0 Å². The van der Waals surface area contributed by atoms with Gasteiger partial charge in [-0.2, -0.15) is 16.4 Å². The third-order valence-electron chi connectivity index (χ3n) is 7.46. The Hall–Kier alpha value is -4.30. The normalized spacial score (nSPS) is 14.3. The summed E-state index contributed by atoms with van der Waals surface area (Å²) < 4.78 is 0. The largest absolute Gasteiger partial charge is 0.358 e. The van der Waals surface area contributed by atoms with Crippen LogP contribution in [0.1, 0.15) is 32.1 Å². The van der Waals surface area contributed by atoms with Crippen molar-refractivity contribution in [2.75, 3.05) is 5.32 Å². The van der Waals surface area contributed by atoms with Crippen molar-refractivity contribution in [3.63, 3.8) is 0 Å².